The Morgan fingerprint density at radius 3 is 1.78 bits per heavy atom. The van der Waals surface area contributed by atoms with Gasteiger partial charge in [-0.1, -0.05) is 72.8 Å². The molecule has 128 valence electrons. The van der Waals surface area contributed by atoms with Gasteiger partial charge >= 0.3 is 5.97 Å². The highest BCUT2D eigenvalue weighted by atomic mass is 16.4. The average Bonchev–Trinajstić information content (AvgIpc) is 2.72. The van der Waals surface area contributed by atoms with E-state index in [1.807, 2.05) is 54.6 Å². The lowest BCUT2D eigenvalue weighted by Crippen LogP contribution is -2.00. The van der Waals surface area contributed by atoms with Gasteiger partial charge < -0.3 is 5.11 Å². The molecule has 5 rings (SSSR count). The van der Waals surface area contributed by atoms with E-state index in [2.05, 4.69) is 30.3 Å². The van der Waals surface area contributed by atoms with Gasteiger partial charge in [0.1, 0.15) is 0 Å². The summed E-state index contributed by atoms with van der Waals surface area (Å²) in [6.45, 7) is 0. The molecule has 0 aliphatic carbocycles. The highest BCUT2D eigenvalue weighted by Crippen LogP contribution is 2.37. The highest BCUT2D eigenvalue weighted by Gasteiger charge is 2.16. The number of aromatic carboxylic acids is 1. The van der Waals surface area contributed by atoms with E-state index >= 15 is 0 Å². The predicted octanol–water partition coefficient (Wildman–Crippen LogP) is 6.51. The second-order valence-electron chi connectivity index (χ2n) is 6.74. The van der Waals surface area contributed by atoms with E-state index in [4.69, 9.17) is 0 Å². The van der Waals surface area contributed by atoms with Crippen LogP contribution in [0.1, 0.15) is 10.4 Å². The molecule has 5 aromatic rings. The van der Waals surface area contributed by atoms with Gasteiger partial charge in [0.15, 0.2) is 0 Å². The van der Waals surface area contributed by atoms with Crippen molar-refractivity contribution in [2.24, 2.45) is 0 Å². The molecular weight excluding hydrogens is 332 g/mol. The van der Waals surface area contributed by atoms with Crippen LogP contribution in [0.15, 0.2) is 91.0 Å². The molecule has 0 aliphatic rings. The van der Waals surface area contributed by atoms with Gasteiger partial charge in [-0.05, 0) is 61.6 Å². The van der Waals surface area contributed by atoms with E-state index in [0.29, 0.717) is 5.56 Å². The van der Waals surface area contributed by atoms with Crippen LogP contribution < -0.4 is 0 Å². The Kier molecular flexibility index (Phi) is 3.44. The van der Waals surface area contributed by atoms with Crippen LogP contribution in [0.2, 0.25) is 0 Å². The molecule has 2 nitrogen and oxygen atoms in total. The van der Waals surface area contributed by atoms with Crippen molar-refractivity contribution in [2.45, 2.75) is 0 Å². The van der Waals surface area contributed by atoms with Gasteiger partial charge in [-0.25, -0.2) is 4.79 Å². The maximum absolute atomic E-state index is 12.0. The molecule has 0 radical (unpaired) electrons. The lowest BCUT2D eigenvalue weighted by atomic mass is 9.89. The summed E-state index contributed by atoms with van der Waals surface area (Å²) in [5, 5.41) is 16.3. The van der Waals surface area contributed by atoms with Crippen molar-refractivity contribution in [1.82, 2.24) is 0 Å². The fourth-order valence-corrected chi connectivity index (χ4v) is 3.92. The Hall–Kier alpha value is -3.65. The lowest BCUT2D eigenvalue weighted by molar-refractivity contribution is 0.0698. The molecule has 0 aromatic heterocycles. The molecule has 0 atom stereocenters. The summed E-state index contributed by atoms with van der Waals surface area (Å²) in [5.41, 5.74) is 2.03. The Morgan fingerprint density at radius 1 is 0.556 bits per heavy atom. The Bertz CT molecular complexity index is 1350. The molecule has 0 aliphatic heterocycles. The zero-order valence-corrected chi connectivity index (χ0v) is 14.5. The molecule has 0 amide bonds. The summed E-state index contributed by atoms with van der Waals surface area (Å²) in [4.78, 5) is 12.0. The van der Waals surface area contributed by atoms with E-state index in [-0.39, 0.29) is 0 Å². The van der Waals surface area contributed by atoms with Crippen LogP contribution in [0.25, 0.3) is 43.4 Å². The molecule has 0 bridgehead atoms. The zero-order valence-electron chi connectivity index (χ0n) is 14.5. The van der Waals surface area contributed by atoms with Crippen LogP contribution in [0.3, 0.4) is 0 Å². The largest absolute Gasteiger partial charge is 0.478 e. The minimum absolute atomic E-state index is 0.328. The SMILES string of the molecule is O=C(O)c1cc2ccccc2cc1-c1cc2ccccc2c2ccccc12. The highest BCUT2D eigenvalue weighted by molar-refractivity contribution is 6.16. The lowest BCUT2D eigenvalue weighted by Gasteiger charge is -2.14. The third kappa shape index (κ3) is 2.46. The minimum atomic E-state index is -0.909. The number of benzene rings is 5. The topological polar surface area (TPSA) is 37.3 Å². The summed E-state index contributed by atoms with van der Waals surface area (Å²) in [5.74, 6) is -0.909. The smallest absolute Gasteiger partial charge is 0.336 e. The van der Waals surface area contributed by atoms with Gasteiger partial charge in [-0.3, -0.25) is 0 Å². The maximum Gasteiger partial charge on any atom is 0.336 e. The number of carboxylic acids is 1. The number of hydrogen-bond acceptors (Lipinski definition) is 1. The normalized spacial score (nSPS) is 11.3. The first-order chi connectivity index (χ1) is 13.2. The predicted molar refractivity (Wildman–Crippen MR) is 111 cm³/mol. The van der Waals surface area contributed by atoms with Gasteiger partial charge in [0, 0.05) is 0 Å². The van der Waals surface area contributed by atoms with Crippen molar-refractivity contribution >= 4 is 38.3 Å². The number of carbonyl (C=O) groups is 1. The summed E-state index contributed by atoms with van der Waals surface area (Å²) >= 11 is 0. The molecule has 0 saturated heterocycles. The van der Waals surface area contributed by atoms with E-state index < -0.39 is 5.97 Å². The molecule has 2 heteroatoms. The van der Waals surface area contributed by atoms with Crippen molar-refractivity contribution in [3.63, 3.8) is 0 Å². The van der Waals surface area contributed by atoms with E-state index in [1.54, 1.807) is 6.07 Å². The summed E-state index contributed by atoms with van der Waals surface area (Å²) in [7, 11) is 0. The van der Waals surface area contributed by atoms with Crippen molar-refractivity contribution in [2.75, 3.05) is 0 Å². The number of rotatable bonds is 2. The fraction of sp³-hybridized carbons (Fsp3) is 0. The monoisotopic (exact) mass is 348 g/mol. The van der Waals surface area contributed by atoms with E-state index in [1.165, 1.54) is 5.39 Å². The molecule has 0 fully saturated rings. The van der Waals surface area contributed by atoms with Gasteiger partial charge in [-0.2, -0.15) is 0 Å². The second kappa shape index (κ2) is 5.96. The zero-order chi connectivity index (χ0) is 18.4. The van der Waals surface area contributed by atoms with Crippen LogP contribution in [0, 0.1) is 0 Å². The fourth-order valence-electron chi connectivity index (χ4n) is 3.92. The average molecular weight is 348 g/mol. The quantitative estimate of drug-likeness (QED) is 0.369. The molecule has 5 aromatic carbocycles. The first kappa shape index (κ1) is 15.6. The Balaban J connectivity index is 1.95. The van der Waals surface area contributed by atoms with Crippen LogP contribution in [-0.4, -0.2) is 11.1 Å². The molecular formula is C25H16O2. The molecule has 0 saturated carbocycles. The van der Waals surface area contributed by atoms with Crippen LogP contribution in [0.4, 0.5) is 0 Å². The molecule has 0 spiro atoms. The molecule has 1 N–H and O–H groups in total. The van der Waals surface area contributed by atoms with E-state index in [9.17, 15) is 9.90 Å². The third-order valence-electron chi connectivity index (χ3n) is 5.17. The van der Waals surface area contributed by atoms with Gasteiger partial charge in [0.2, 0.25) is 0 Å². The number of hydrogen-bond donors (Lipinski definition) is 1. The third-order valence-corrected chi connectivity index (χ3v) is 5.17. The van der Waals surface area contributed by atoms with Gasteiger partial charge in [0.25, 0.3) is 0 Å². The maximum atomic E-state index is 12.0. The molecule has 27 heavy (non-hydrogen) atoms. The number of fused-ring (bicyclic) bond motifs is 4. The first-order valence-electron chi connectivity index (χ1n) is 8.89. The summed E-state index contributed by atoms with van der Waals surface area (Å²) in [6.07, 6.45) is 0. The van der Waals surface area contributed by atoms with Crippen LogP contribution in [0.5, 0.6) is 0 Å². The minimum Gasteiger partial charge on any atom is -0.478 e. The van der Waals surface area contributed by atoms with Crippen LogP contribution in [-0.2, 0) is 0 Å². The standard InChI is InChI=1S/C25H16O2/c26-25(27)24-14-17-8-2-1-7-16(17)13-23(24)22-15-18-9-3-4-10-19(18)20-11-5-6-12-21(20)22/h1-15H,(H,26,27). The second-order valence-corrected chi connectivity index (χ2v) is 6.74. The summed E-state index contributed by atoms with van der Waals surface area (Å²) < 4.78 is 0. The van der Waals surface area contributed by atoms with Crippen LogP contribution >= 0.6 is 0 Å². The first-order valence-corrected chi connectivity index (χ1v) is 8.89. The molecule has 0 unspecified atom stereocenters. The van der Waals surface area contributed by atoms with Gasteiger partial charge in [-0.15, -0.1) is 0 Å². The van der Waals surface area contributed by atoms with Crippen molar-refractivity contribution in [3.8, 4) is 11.1 Å². The van der Waals surface area contributed by atoms with Crippen molar-refractivity contribution < 1.29 is 9.90 Å². The van der Waals surface area contributed by atoms with E-state index in [0.717, 1.165) is 38.1 Å². The molecule has 0 heterocycles. The summed E-state index contributed by atoms with van der Waals surface area (Å²) in [6, 6.07) is 30.2. The Morgan fingerprint density at radius 2 is 1.07 bits per heavy atom. The van der Waals surface area contributed by atoms with Crippen molar-refractivity contribution in [1.29, 1.82) is 0 Å². The van der Waals surface area contributed by atoms with Gasteiger partial charge in [0.05, 0.1) is 5.56 Å². The number of carboxylic acid groups (broad SMARTS) is 1. The Labute approximate surface area is 156 Å². The van der Waals surface area contributed by atoms with Crippen molar-refractivity contribution in [3.05, 3.63) is 96.6 Å².